The minimum atomic E-state index is -1.07. The standard InChI is InChI=1S/C21H20FNO4/c22-16-8-4-7-15(9-16)20-11-21(12-20,13-20)17(18(24)25)23-19(26)27-10-14-5-2-1-3-6-14/h1-9,17H,10-13H2,(H,23,26)(H,24,25). The lowest BCUT2D eigenvalue weighted by molar-refractivity contribution is -0.183. The third-order valence-electron chi connectivity index (χ3n) is 5.84. The minimum Gasteiger partial charge on any atom is -0.480 e. The molecular formula is C21H20FNO4. The summed E-state index contributed by atoms with van der Waals surface area (Å²) in [5.74, 6) is -1.36. The molecule has 3 fully saturated rings. The number of benzene rings is 2. The summed E-state index contributed by atoms with van der Waals surface area (Å²) in [6, 6.07) is 14.6. The van der Waals surface area contributed by atoms with Gasteiger partial charge in [-0.3, -0.25) is 0 Å². The van der Waals surface area contributed by atoms with Crippen LogP contribution in [0.25, 0.3) is 0 Å². The van der Waals surface area contributed by atoms with Crippen molar-refractivity contribution in [1.82, 2.24) is 5.32 Å². The molecule has 3 aliphatic rings. The summed E-state index contributed by atoms with van der Waals surface area (Å²) in [6.07, 6.45) is 1.13. The zero-order valence-electron chi connectivity index (χ0n) is 14.7. The Morgan fingerprint density at radius 1 is 1.11 bits per heavy atom. The van der Waals surface area contributed by atoms with Gasteiger partial charge in [0, 0.05) is 5.41 Å². The summed E-state index contributed by atoms with van der Waals surface area (Å²) in [5.41, 5.74) is 1.09. The number of carboxylic acid groups (broad SMARTS) is 1. The Kier molecular flexibility index (Phi) is 4.13. The van der Waals surface area contributed by atoms with Crippen LogP contribution in [0.2, 0.25) is 0 Å². The van der Waals surface area contributed by atoms with Crippen molar-refractivity contribution in [3.63, 3.8) is 0 Å². The van der Waals surface area contributed by atoms with E-state index in [1.165, 1.54) is 12.1 Å². The van der Waals surface area contributed by atoms with E-state index in [9.17, 15) is 19.1 Å². The van der Waals surface area contributed by atoms with E-state index in [2.05, 4.69) is 5.32 Å². The smallest absolute Gasteiger partial charge is 0.408 e. The van der Waals surface area contributed by atoms with Gasteiger partial charge in [0.15, 0.2) is 0 Å². The van der Waals surface area contributed by atoms with Gasteiger partial charge in [-0.25, -0.2) is 14.0 Å². The second-order valence-corrected chi connectivity index (χ2v) is 7.66. The molecule has 0 aromatic heterocycles. The SMILES string of the molecule is O=C(NC(C(=O)O)C12CC(c3cccc(F)c3)(C1)C2)OCc1ccccc1. The Morgan fingerprint density at radius 2 is 1.81 bits per heavy atom. The van der Waals surface area contributed by atoms with Gasteiger partial charge in [0.05, 0.1) is 0 Å². The molecule has 3 aliphatic carbocycles. The summed E-state index contributed by atoms with van der Waals surface area (Å²) in [7, 11) is 0. The van der Waals surface area contributed by atoms with Gasteiger partial charge in [0.25, 0.3) is 0 Å². The van der Waals surface area contributed by atoms with Crippen molar-refractivity contribution in [1.29, 1.82) is 0 Å². The molecule has 1 unspecified atom stereocenters. The van der Waals surface area contributed by atoms with Crippen molar-refractivity contribution in [2.24, 2.45) is 5.41 Å². The van der Waals surface area contributed by atoms with Gasteiger partial charge in [-0.15, -0.1) is 0 Å². The molecule has 3 saturated carbocycles. The maximum Gasteiger partial charge on any atom is 0.408 e. The summed E-state index contributed by atoms with van der Waals surface area (Å²) in [6.45, 7) is 0.0826. The highest BCUT2D eigenvalue weighted by atomic mass is 19.1. The topological polar surface area (TPSA) is 75.6 Å². The highest BCUT2D eigenvalue weighted by Crippen LogP contribution is 2.74. The molecule has 2 aromatic carbocycles. The highest BCUT2D eigenvalue weighted by Gasteiger charge is 2.72. The second-order valence-electron chi connectivity index (χ2n) is 7.66. The molecule has 2 bridgehead atoms. The number of alkyl carbamates (subject to hydrolysis) is 1. The predicted molar refractivity (Wildman–Crippen MR) is 95.5 cm³/mol. The van der Waals surface area contributed by atoms with E-state index in [-0.39, 0.29) is 17.8 Å². The lowest BCUT2D eigenvalue weighted by Gasteiger charge is -2.72. The van der Waals surface area contributed by atoms with Crippen molar-refractivity contribution >= 4 is 12.1 Å². The number of halogens is 1. The lowest BCUT2D eigenvalue weighted by atomic mass is 9.31. The van der Waals surface area contributed by atoms with Gasteiger partial charge in [-0.1, -0.05) is 42.5 Å². The van der Waals surface area contributed by atoms with Crippen molar-refractivity contribution < 1.29 is 23.8 Å². The first-order valence-electron chi connectivity index (χ1n) is 8.89. The first-order valence-corrected chi connectivity index (χ1v) is 8.89. The second kappa shape index (κ2) is 6.37. The zero-order valence-corrected chi connectivity index (χ0v) is 14.7. The summed E-state index contributed by atoms with van der Waals surface area (Å²) in [5, 5.41) is 12.1. The Bertz CT molecular complexity index is 863. The first kappa shape index (κ1) is 17.5. The van der Waals surface area contributed by atoms with Gasteiger partial charge in [0.1, 0.15) is 18.5 Å². The molecule has 0 spiro atoms. The van der Waals surface area contributed by atoms with Crippen LogP contribution in [0.1, 0.15) is 30.4 Å². The molecule has 27 heavy (non-hydrogen) atoms. The van der Waals surface area contributed by atoms with E-state index in [0.29, 0.717) is 19.3 Å². The van der Waals surface area contributed by atoms with Crippen molar-refractivity contribution in [2.45, 2.75) is 37.3 Å². The average molecular weight is 369 g/mol. The molecule has 5 nitrogen and oxygen atoms in total. The van der Waals surface area contributed by atoms with Crippen LogP contribution >= 0.6 is 0 Å². The van der Waals surface area contributed by atoms with E-state index in [1.807, 2.05) is 36.4 Å². The third kappa shape index (κ3) is 3.05. The fraction of sp³-hybridized carbons (Fsp3) is 0.333. The number of hydrogen-bond donors (Lipinski definition) is 2. The van der Waals surface area contributed by atoms with E-state index >= 15 is 0 Å². The van der Waals surface area contributed by atoms with E-state index in [4.69, 9.17) is 4.74 Å². The normalized spacial score (nSPS) is 26.3. The summed E-state index contributed by atoms with van der Waals surface area (Å²) < 4.78 is 18.6. The minimum absolute atomic E-state index is 0.0826. The molecule has 2 aromatic rings. The average Bonchev–Trinajstić information content (AvgIpc) is 2.58. The van der Waals surface area contributed by atoms with Crippen LogP contribution in [0.15, 0.2) is 54.6 Å². The molecule has 140 valence electrons. The maximum absolute atomic E-state index is 13.5. The molecule has 5 rings (SSSR count). The Hall–Kier alpha value is -2.89. The number of rotatable bonds is 6. The molecular weight excluding hydrogens is 349 g/mol. The quantitative estimate of drug-likeness (QED) is 0.815. The van der Waals surface area contributed by atoms with Crippen LogP contribution in [0.4, 0.5) is 9.18 Å². The summed E-state index contributed by atoms with van der Waals surface area (Å²) in [4.78, 5) is 23.8. The molecule has 0 aliphatic heterocycles. The first-order chi connectivity index (χ1) is 12.9. The van der Waals surface area contributed by atoms with Gasteiger partial charge in [-0.05, 0) is 47.9 Å². The zero-order chi connectivity index (χ0) is 19.1. The van der Waals surface area contributed by atoms with Gasteiger partial charge < -0.3 is 15.2 Å². The van der Waals surface area contributed by atoms with Crippen LogP contribution in [-0.2, 0) is 21.6 Å². The van der Waals surface area contributed by atoms with Crippen molar-refractivity contribution in [3.8, 4) is 0 Å². The molecule has 1 atom stereocenters. The number of carboxylic acids is 1. The third-order valence-corrected chi connectivity index (χ3v) is 5.84. The number of nitrogens with one attached hydrogen (secondary N) is 1. The van der Waals surface area contributed by atoms with Crippen LogP contribution < -0.4 is 5.32 Å². The van der Waals surface area contributed by atoms with Gasteiger partial charge in [0.2, 0.25) is 0 Å². The van der Waals surface area contributed by atoms with Crippen LogP contribution in [0, 0.1) is 11.2 Å². The predicted octanol–water partition coefficient (Wildman–Crippen LogP) is 3.63. The van der Waals surface area contributed by atoms with Crippen LogP contribution in [0.5, 0.6) is 0 Å². The Balaban J connectivity index is 1.37. The number of carbonyl (C=O) groups excluding carboxylic acids is 1. The number of amides is 1. The lowest BCUT2D eigenvalue weighted by Crippen LogP contribution is -2.73. The fourth-order valence-corrected chi connectivity index (χ4v) is 4.66. The van der Waals surface area contributed by atoms with Crippen LogP contribution in [-0.4, -0.2) is 23.2 Å². The van der Waals surface area contributed by atoms with Gasteiger partial charge in [-0.2, -0.15) is 0 Å². The Labute approximate surface area is 156 Å². The van der Waals surface area contributed by atoms with Gasteiger partial charge >= 0.3 is 12.1 Å². The molecule has 1 amide bonds. The number of hydrogen-bond acceptors (Lipinski definition) is 3. The van der Waals surface area contributed by atoms with Crippen molar-refractivity contribution in [3.05, 3.63) is 71.5 Å². The van der Waals surface area contributed by atoms with Crippen molar-refractivity contribution in [2.75, 3.05) is 0 Å². The molecule has 0 radical (unpaired) electrons. The molecule has 0 saturated heterocycles. The molecule has 6 heteroatoms. The highest BCUT2D eigenvalue weighted by molar-refractivity contribution is 5.82. The van der Waals surface area contributed by atoms with E-state index in [1.54, 1.807) is 6.07 Å². The largest absolute Gasteiger partial charge is 0.480 e. The number of ether oxygens (including phenoxy) is 1. The fourth-order valence-electron chi connectivity index (χ4n) is 4.66. The molecule has 2 N–H and O–H groups in total. The Morgan fingerprint density at radius 3 is 2.44 bits per heavy atom. The number of aliphatic carboxylic acids is 1. The molecule has 0 heterocycles. The number of carbonyl (C=O) groups is 2. The van der Waals surface area contributed by atoms with E-state index < -0.39 is 23.5 Å². The monoisotopic (exact) mass is 369 g/mol. The summed E-state index contributed by atoms with van der Waals surface area (Å²) >= 11 is 0. The van der Waals surface area contributed by atoms with Crippen LogP contribution in [0.3, 0.4) is 0 Å². The maximum atomic E-state index is 13.5. The van der Waals surface area contributed by atoms with E-state index in [0.717, 1.165) is 11.1 Å².